The average Bonchev–Trinajstić information content (AvgIpc) is 3.30. The number of allylic oxidation sites excluding steroid dienone is 8. The van der Waals surface area contributed by atoms with Gasteiger partial charge >= 0.3 is 17.9 Å². The maximum atomic E-state index is 12.8. The molecule has 0 spiro atoms. The van der Waals surface area contributed by atoms with Gasteiger partial charge in [-0.25, -0.2) is 0 Å². The molecule has 0 aromatic rings. The molecular formula is C59H106O6. The predicted octanol–water partition coefficient (Wildman–Crippen LogP) is 18.7. The van der Waals surface area contributed by atoms with Crippen LogP contribution in [0.4, 0.5) is 0 Å². The monoisotopic (exact) mass is 911 g/mol. The Hall–Kier alpha value is -2.63. The van der Waals surface area contributed by atoms with Gasteiger partial charge in [-0.2, -0.15) is 0 Å². The molecule has 0 saturated heterocycles. The van der Waals surface area contributed by atoms with Crippen molar-refractivity contribution in [3.63, 3.8) is 0 Å². The van der Waals surface area contributed by atoms with Gasteiger partial charge in [0.25, 0.3) is 0 Å². The lowest BCUT2D eigenvalue weighted by atomic mass is 10.1. The van der Waals surface area contributed by atoms with E-state index in [0.29, 0.717) is 19.3 Å². The van der Waals surface area contributed by atoms with E-state index in [1.165, 1.54) is 173 Å². The van der Waals surface area contributed by atoms with E-state index in [9.17, 15) is 14.4 Å². The third kappa shape index (κ3) is 52.2. The molecule has 1 unspecified atom stereocenters. The number of carbonyl (C=O) groups excluding carboxylic acids is 3. The molecular weight excluding hydrogens is 805 g/mol. The highest BCUT2D eigenvalue weighted by atomic mass is 16.6. The van der Waals surface area contributed by atoms with E-state index < -0.39 is 6.10 Å². The fourth-order valence-electron chi connectivity index (χ4n) is 7.98. The van der Waals surface area contributed by atoms with Gasteiger partial charge in [0.2, 0.25) is 0 Å². The second-order valence-corrected chi connectivity index (χ2v) is 18.8. The smallest absolute Gasteiger partial charge is 0.306 e. The lowest BCUT2D eigenvalue weighted by molar-refractivity contribution is -0.167. The zero-order valence-electron chi connectivity index (χ0n) is 43.3. The number of esters is 3. The maximum Gasteiger partial charge on any atom is 0.306 e. The highest BCUT2D eigenvalue weighted by Gasteiger charge is 2.19. The second-order valence-electron chi connectivity index (χ2n) is 18.8. The Balaban J connectivity index is 4.35. The molecule has 0 heterocycles. The van der Waals surface area contributed by atoms with Gasteiger partial charge in [0.1, 0.15) is 13.2 Å². The summed E-state index contributed by atoms with van der Waals surface area (Å²) < 4.78 is 16.8. The minimum absolute atomic E-state index is 0.0805. The molecule has 378 valence electrons. The SMILES string of the molecule is CCCC/C=C\CCCCCCCC(=O)OCC(COC(=O)CCCCCCCCC/C=C\C/C=C\CCCCCC)OC(=O)CCCCCCCCC/C=C\CCCCCCCCC. The molecule has 0 aliphatic carbocycles. The fraction of sp³-hybridized carbons (Fsp3) is 0.814. The molecule has 0 bridgehead atoms. The molecule has 0 aliphatic rings. The first kappa shape index (κ1) is 62.4. The minimum Gasteiger partial charge on any atom is -0.462 e. The highest BCUT2D eigenvalue weighted by Crippen LogP contribution is 2.15. The summed E-state index contributed by atoms with van der Waals surface area (Å²) in [6, 6.07) is 0. The highest BCUT2D eigenvalue weighted by molar-refractivity contribution is 5.71. The van der Waals surface area contributed by atoms with E-state index in [1.54, 1.807) is 0 Å². The van der Waals surface area contributed by atoms with E-state index in [-0.39, 0.29) is 31.1 Å². The normalized spacial score (nSPS) is 12.4. The molecule has 0 rings (SSSR count). The van der Waals surface area contributed by atoms with Crippen molar-refractivity contribution in [2.75, 3.05) is 13.2 Å². The molecule has 0 amide bonds. The van der Waals surface area contributed by atoms with Crippen LogP contribution >= 0.6 is 0 Å². The van der Waals surface area contributed by atoms with Crippen molar-refractivity contribution in [2.45, 2.75) is 297 Å². The zero-order chi connectivity index (χ0) is 47.2. The van der Waals surface area contributed by atoms with Crippen LogP contribution in [0, 0.1) is 0 Å². The van der Waals surface area contributed by atoms with Crippen LogP contribution in [-0.4, -0.2) is 37.2 Å². The minimum atomic E-state index is -0.781. The standard InChI is InChI=1S/C59H106O6/c1-4-7-10-13-16-19-22-24-26-28-30-32-34-37-40-43-46-49-52-58(61)64-55-56(54-63-57(60)51-48-45-42-39-36-21-18-15-12-9-6-3)65-59(62)53-50-47-44-41-38-35-33-31-29-27-25-23-20-17-14-11-8-5-2/h15,18-19,22,26-29,56H,4-14,16-17,20-21,23-25,30-55H2,1-3H3/b18-15-,22-19-,28-26-,29-27-. The molecule has 6 heteroatoms. The predicted molar refractivity (Wildman–Crippen MR) is 279 cm³/mol. The van der Waals surface area contributed by atoms with Crippen molar-refractivity contribution in [2.24, 2.45) is 0 Å². The zero-order valence-corrected chi connectivity index (χ0v) is 43.3. The quantitative estimate of drug-likeness (QED) is 0.0262. The number of unbranched alkanes of at least 4 members (excludes halogenated alkanes) is 32. The lowest BCUT2D eigenvalue weighted by Crippen LogP contribution is -2.30. The molecule has 0 saturated carbocycles. The van der Waals surface area contributed by atoms with Crippen molar-refractivity contribution in [3.8, 4) is 0 Å². The van der Waals surface area contributed by atoms with Gasteiger partial charge in [-0.15, -0.1) is 0 Å². The number of ether oxygens (including phenoxy) is 3. The molecule has 0 radical (unpaired) electrons. The second kappa shape index (κ2) is 54.0. The number of carbonyl (C=O) groups is 3. The van der Waals surface area contributed by atoms with Crippen LogP contribution in [0.5, 0.6) is 0 Å². The maximum absolute atomic E-state index is 12.8. The van der Waals surface area contributed by atoms with Crippen LogP contribution in [-0.2, 0) is 28.6 Å². The van der Waals surface area contributed by atoms with Gasteiger partial charge < -0.3 is 14.2 Å². The molecule has 1 atom stereocenters. The van der Waals surface area contributed by atoms with Gasteiger partial charge in [0, 0.05) is 19.3 Å². The van der Waals surface area contributed by atoms with Crippen LogP contribution in [0.25, 0.3) is 0 Å². The first-order chi connectivity index (χ1) is 32.0. The summed E-state index contributed by atoms with van der Waals surface area (Å²) in [5.74, 6) is -0.892. The molecule has 0 aromatic carbocycles. The molecule has 6 nitrogen and oxygen atoms in total. The van der Waals surface area contributed by atoms with Gasteiger partial charge in [0.15, 0.2) is 6.10 Å². The summed E-state index contributed by atoms with van der Waals surface area (Å²) in [6.45, 7) is 6.59. The first-order valence-electron chi connectivity index (χ1n) is 28.1. The Kier molecular flexibility index (Phi) is 51.8. The van der Waals surface area contributed by atoms with Gasteiger partial charge in [-0.1, -0.05) is 223 Å². The number of rotatable bonds is 51. The van der Waals surface area contributed by atoms with E-state index in [4.69, 9.17) is 14.2 Å². The summed E-state index contributed by atoms with van der Waals surface area (Å²) in [7, 11) is 0. The van der Waals surface area contributed by atoms with E-state index >= 15 is 0 Å². The number of hydrogen-bond acceptors (Lipinski definition) is 6. The van der Waals surface area contributed by atoms with Crippen molar-refractivity contribution >= 4 is 17.9 Å². The summed E-state index contributed by atoms with van der Waals surface area (Å²) in [4.78, 5) is 38.1. The molecule has 65 heavy (non-hydrogen) atoms. The van der Waals surface area contributed by atoms with Crippen molar-refractivity contribution in [1.82, 2.24) is 0 Å². The Morgan fingerprint density at radius 2 is 0.569 bits per heavy atom. The van der Waals surface area contributed by atoms with Crippen LogP contribution < -0.4 is 0 Å². The Bertz CT molecular complexity index is 1140. The van der Waals surface area contributed by atoms with Crippen LogP contribution in [0.3, 0.4) is 0 Å². The van der Waals surface area contributed by atoms with Crippen molar-refractivity contribution in [3.05, 3.63) is 48.6 Å². The average molecular weight is 911 g/mol. The van der Waals surface area contributed by atoms with Gasteiger partial charge in [-0.05, 0) is 96.3 Å². The summed E-state index contributed by atoms with van der Waals surface area (Å²) >= 11 is 0. The third-order valence-corrected chi connectivity index (χ3v) is 12.3. The Labute approximate surface area is 403 Å². The summed E-state index contributed by atoms with van der Waals surface area (Å²) in [5, 5.41) is 0. The topological polar surface area (TPSA) is 78.9 Å². The summed E-state index contributed by atoms with van der Waals surface area (Å²) in [6.07, 6.45) is 65.3. The Morgan fingerprint density at radius 3 is 0.923 bits per heavy atom. The van der Waals surface area contributed by atoms with Crippen molar-refractivity contribution < 1.29 is 28.6 Å². The molecule has 0 aromatic heterocycles. The molecule has 0 fully saturated rings. The van der Waals surface area contributed by atoms with Gasteiger partial charge in [0.05, 0.1) is 0 Å². The van der Waals surface area contributed by atoms with Crippen LogP contribution in [0.15, 0.2) is 48.6 Å². The Morgan fingerprint density at radius 1 is 0.308 bits per heavy atom. The van der Waals surface area contributed by atoms with Crippen LogP contribution in [0.2, 0.25) is 0 Å². The van der Waals surface area contributed by atoms with E-state index in [2.05, 4.69) is 69.4 Å². The van der Waals surface area contributed by atoms with E-state index in [1.807, 2.05) is 0 Å². The third-order valence-electron chi connectivity index (χ3n) is 12.3. The summed E-state index contributed by atoms with van der Waals surface area (Å²) in [5.41, 5.74) is 0. The van der Waals surface area contributed by atoms with Crippen molar-refractivity contribution in [1.29, 1.82) is 0 Å². The fourth-order valence-corrected chi connectivity index (χ4v) is 7.98. The number of hydrogen-bond donors (Lipinski definition) is 0. The molecule has 0 N–H and O–H groups in total. The van der Waals surface area contributed by atoms with Crippen LogP contribution in [0.1, 0.15) is 290 Å². The lowest BCUT2D eigenvalue weighted by Gasteiger charge is -2.18. The van der Waals surface area contributed by atoms with Gasteiger partial charge in [-0.3, -0.25) is 14.4 Å². The largest absolute Gasteiger partial charge is 0.462 e. The van der Waals surface area contributed by atoms with E-state index in [0.717, 1.165) is 77.0 Å². The first-order valence-corrected chi connectivity index (χ1v) is 28.1. The molecule has 0 aliphatic heterocycles.